The Bertz CT molecular complexity index is 711. The van der Waals surface area contributed by atoms with E-state index in [2.05, 4.69) is 31.8 Å². The molecule has 0 atom stereocenters. The summed E-state index contributed by atoms with van der Waals surface area (Å²) in [6.45, 7) is 8.36. The molecule has 2 aromatic rings. The maximum absolute atomic E-state index is 12.9. The van der Waals surface area contributed by atoms with Crippen LogP contribution >= 0.6 is 0 Å². The van der Waals surface area contributed by atoms with Crippen molar-refractivity contribution < 1.29 is 13.2 Å². The highest BCUT2D eigenvalue weighted by molar-refractivity contribution is 5.48. The predicted molar refractivity (Wildman–Crippen MR) is 84.1 cm³/mol. The van der Waals surface area contributed by atoms with Gasteiger partial charge in [-0.25, -0.2) is 4.98 Å². The number of aryl methyl sites for hydroxylation is 1. The molecule has 0 amide bonds. The van der Waals surface area contributed by atoms with Crippen LogP contribution in [0.2, 0.25) is 0 Å². The molecule has 0 unspecified atom stereocenters. The van der Waals surface area contributed by atoms with Crippen LogP contribution in [-0.2, 0) is 6.18 Å². The van der Waals surface area contributed by atoms with Crippen molar-refractivity contribution in [2.45, 2.75) is 32.9 Å². The molecule has 0 bridgehead atoms. The van der Waals surface area contributed by atoms with Gasteiger partial charge in [0.25, 0.3) is 11.6 Å². The van der Waals surface area contributed by atoms with Gasteiger partial charge < -0.3 is 9.80 Å². The number of hydrogen-bond acceptors (Lipinski definition) is 5. The van der Waals surface area contributed by atoms with Crippen molar-refractivity contribution >= 4 is 11.6 Å². The zero-order valence-electron chi connectivity index (χ0n) is 13.8. The van der Waals surface area contributed by atoms with E-state index in [1.165, 1.54) is 4.52 Å². The minimum atomic E-state index is -4.57. The van der Waals surface area contributed by atoms with Crippen LogP contribution in [0.25, 0.3) is 5.78 Å². The Morgan fingerprint density at radius 1 is 1.12 bits per heavy atom. The normalized spacial score (nSPS) is 17.5. The van der Waals surface area contributed by atoms with Gasteiger partial charge in [-0.15, -0.1) is 5.10 Å². The molecule has 1 aliphatic heterocycles. The molecule has 0 spiro atoms. The molecule has 3 heterocycles. The van der Waals surface area contributed by atoms with Crippen molar-refractivity contribution in [1.29, 1.82) is 0 Å². The molecule has 0 radical (unpaired) electrons. The second kappa shape index (κ2) is 6.54. The third-order valence-corrected chi connectivity index (χ3v) is 4.13. The molecule has 9 heteroatoms. The highest BCUT2D eigenvalue weighted by Crippen LogP contribution is 2.28. The SMILES string of the molecule is CCCN1CCCN(c2cc(C)nc3nc(C(F)(F)F)nn23)CC1. The third kappa shape index (κ3) is 3.45. The Balaban J connectivity index is 1.95. The van der Waals surface area contributed by atoms with Crippen LogP contribution in [0.3, 0.4) is 0 Å². The monoisotopic (exact) mass is 342 g/mol. The van der Waals surface area contributed by atoms with E-state index >= 15 is 0 Å². The van der Waals surface area contributed by atoms with Crippen LogP contribution in [0.15, 0.2) is 6.07 Å². The van der Waals surface area contributed by atoms with Crippen LogP contribution in [0, 0.1) is 6.92 Å². The molecule has 1 aliphatic rings. The van der Waals surface area contributed by atoms with Gasteiger partial charge in [-0.3, -0.25) is 0 Å². The summed E-state index contributed by atoms with van der Waals surface area (Å²) in [6.07, 6.45) is -2.52. The van der Waals surface area contributed by atoms with E-state index in [-0.39, 0.29) is 5.78 Å². The molecule has 132 valence electrons. The van der Waals surface area contributed by atoms with Gasteiger partial charge in [0.15, 0.2) is 0 Å². The van der Waals surface area contributed by atoms with E-state index < -0.39 is 12.0 Å². The summed E-state index contributed by atoms with van der Waals surface area (Å²) in [4.78, 5) is 12.1. The molecule has 1 saturated heterocycles. The number of anilines is 1. The van der Waals surface area contributed by atoms with Gasteiger partial charge >= 0.3 is 6.18 Å². The van der Waals surface area contributed by atoms with Crippen LogP contribution < -0.4 is 4.90 Å². The summed E-state index contributed by atoms with van der Waals surface area (Å²) < 4.78 is 40.0. The third-order valence-electron chi connectivity index (χ3n) is 4.13. The van der Waals surface area contributed by atoms with Gasteiger partial charge in [0, 0.05) is 31.4 Å². The van der Waals surface area contributed by atoms with E-state index in [1.807, 2.05) is 0 Å². The summed E-state index contributed by atoms with van der Waals surface area (Å²) in [7, 11) is 0. The standard InChI is InChI=1S/C15H21F3N6/c1-3-5-22-6-4-7-23(9-8-22)12-10-11(2)19-14-20-13(15(16,17)18)21-24(12)14/h10H,3-9H2,1-2H3. The molecule has 1 fully saturated rings. The smallest absolute Gasteiger partial charge is 0.355 e. The van der Waals surface area contributed by atoms with Gasteiger partial charge in [-0.05, 0) is 32.9 Å². The first-order chi connectivity index (χ1) is 11.4. The summed E-state index contributed by atoms with van der Waals surface area (Å²) in [5.41, 5.74) is 0.633. The van der Waals surface area contributed by atoms with Gasteiger partial charge in [-0.2, -0.15) is 22.7 Å². The van der Waals surface area contributed by atoms with E-state index in [0.29, 0.717) is 11.5 Å². The molecule has 0 aliphatic carbocycles. The number of halogens is 3. The maximum atomic E-state index is 12.9. The van der Waals surface area contributed by atoms with Crippen LogP contribution in [0.4, 0.5) is 19.0 Å². The molecule has 6 nitrogen and oxygen atoms in total. The highest BCUT2D eigenvalue weighted by atomic mass is 19.4. The number of hydrogen-bond donors (Lipinski definition) is 0. The van der Waals surface area contributed by atoms with Gasteiger partial charge in [0.05, 0.1) is 0 Å². The Morgan fingerprint density at radius 2 is 1.92 bits per heavy atom. The molecule has 0 aromatic carbocycles. The molecule has 2 aromatic heterocycles. The van der Waals surface area contributed by atoms with Crippen molar-refractivity contribution in [2.24, 2.45) is 0 Å². The van der Waals surface area contributed by atoms with E-state index in [9.17, 15) is 13.2 Å². The van der Waals surface area contributed by atoms with Crippen LogP contribution in [0.1, 0.15) is 31.3 Å². The number of nitrogens with zero attached hydrogens (tertiary/aromatic N) is 6. The highest BCUT2D eigenvalue weighted by Gasteiger charge is 2.37. The zero-order valence-corrected chi connectivity index (χ0v) is 13.8. The lowest BCUT2D eigenvalue weighted by Gasteiger charge is -2.23. The fraction of sp³-hybridized carbons (Fsp3) is 0.667. The molecular weight excluding hydrogens is 321 g/mol. The summed E-state index contributed by atoms with van der Waals surface area (Å²) in [5.74, 6) is -0.532. The van der Waals surface area contributed by atoms with Crippen molar-refractivity contribution in [3.8, 4) is 0 Å². The summed E-state index contributed by atoms with van der Waals surface area (Å²) in [5, 5.41) is 3.65. The minimum Gasteiger partial charge on any atom is -0.355 e. The first-order valence-electron chi connectivity index (χ1n) is 8.17. The van der Waals surface area contributed by atoms with Crippen molar-refractivity contribution in [3.63, 3.8) is 0 Å². The zero-order chi connectivity index (χ0) is 17.3. The number of alkyl halides is 3. The summed E-state index contributed by atoms with van der Waals surface area (Å²) in [6, 6.07) is 1.78. The van der Waals surface area contributed by atoms with Crippen LogP contribution in [0.5, 0.6) is 0 Å². The second-order valence-corrected chi connectivity index (χ2v) is 6.08. The predicted octanol–water partition coefficient (Wildman–Crippen LogP) is 2.37. The van der Waals surface area contributed by atoms with E-state index in [1.54, 1.807) is 13.0 Å². The topological polar surface area (TPSA) is 49.6 Å². The lowest BCUT2D eigenvalue weighted by molar-refractivity contribution is -0.144. The van der Waals surface area contributed by atoms with Crippen molar-refractivity contribution in [3.05, 3.63) is 17.6 Å². The average Bonchev–Trinajstić information content (AvgIpc) is 2.80. The Kier molecular flexibility index (Phi) is 4.62. The van der Waals surface area contributed by atoms with Crippen LogP contribution in [-0.4, -0.2) is 57.2 Å². The maximum Gasteiger partial charge on any atom is 0.453 e. The Morgan fingerprint density at radius 3 is 2.62 bits per heavy atom. The molecule has 0 saturated carbocycles. The van der Waals surface area contributed by atoms with Crippen molar-refractivity contribution in [2.75, 3.05) is 37.6 Å². The largest absolute Gasteiger partial charge is 0.453 e. The number of fused-ring (bicyclic) bond motifs is 1. The number of aromatic nitrogens is 4. The fourth-order valence-electron chi connectivity index (χ4n) is 3.05. The quantitative estimate of drug-likeness (QED) is 0.857. The molecule has 0 N–H and O–H groups in total. The lowest BCUT2D eigenvalue weighted by atomic mass is 10.3. The fourth-order valence-corrected chi connectivity index (χ4v) is 3.05. The molecule has 3 rings (SSSR count). The first kappa shape index (κ1) is 16.9. The Labute approximate surface area is 138 Å². The average molecular weight is 342 g/mol. The molecule has 24 heavy (non-hydrogen) atoms. The van der Waals surface area contributed by atoms with Crippen molar-refractivity contribution in [1.82, 2.24) is 24.5 Å². The summed E-state index contributed by atoms with van der Waals surface area (Å²) >= 11 is 0. The van der Waals surface area contributed by atoms with E-state index in [4.69, 9.17) is 0 Å². The second-order valence-electron chi connectivity index (χ2n) is 6.08. The minimum absolute atomic E-state index is 0.00742. The Hall–Kier alpha value is -1.90. The first-order valence-corrected chi connectivity index (χ1v) is 8.17. The van der Waals surface area contributed by atoms with Gasteiger partial charge in [0.1, 0.15) is 5.82 Å². The lowest BCUT2D eigenvalue weighted by Crippen LogP contribution is -2.32. The number of rotatable bonds is 3. The van der Waals surface area contributed by atoms with Gasteiger partial charge in [-0.1, -0.05) is 6.92 Å². The molecular formula is C15H21F3N6. The van der Waals surface area contributed by atoms with E-state index in [0.717, 1.165) is 45.6 Å². The van der Waals surface area contributed by atoms with Gasteiger partial charge in [0.2, 0.25) is 0 Å².